The molecule has 0 saturated carbocycles. The first-order valence-corrected chi connectivity index (χ1v) is 7.25. The molecule has 2 nitrogen and oxygen atoms in total. The summed E-state index contributed by atoms with van der Waals surface area (Å²) in [5.41, 5.74) is 10.0. The Hall–Kier alpha value is -1.19. The molecule has 1 aromatic carbocycles. The van der Waals surface area contributed by atoms with E-state index in [4.69, 9.17) is 10.2 Å². The van der Waals surface area contributed by atoms with E-state index >= 15 is 0 Å². The summed E-state index contributed by atoms with van der Waals surface area (Å²) in [6.07, 6.45) is 1.71. The SMILES string of the molecule is Cc1ccc(C)c(C(N)CSCc2ccco2)c1. The van der Waals surface area contributed by atoms with Gasteiger partial charge in [0.15, 0.2) is 0 Å². The smallest absolute Gasteiger partial charge is 0.113 e. The van der Waals surface area contributed by atoms with Crippen molar-refractivity contribution in [2.24, 2.45) is 5.73 Å². The van der Waals surface area contributed by atoms with Gasteiger partial charge in [-0.2, -0.15) is 11.8 Å². The lowest BCUT2D eigenvalue weighted by molar-refractivity contribution is 0.530. The molecular weight excluding hydrogens is 242 g/mol. The second kappa shape index (κ2) is 6.12. The molecule has 3 heteroatoms. The van der Waals surface area contributed by atoms with Crippen molar-refractivity contribution in [1.82, 2.24) is 0 Å². The first-order valence-electron chi connectivity index (χ1n) is 6.09. The number of furan rings is 1. The molecule has 0 aliphatic rings. The molecule has 0 radical (unpaired) electrons. The van der Waals surface area contributed by atoms with Gasteiger partial charge in [0, 0.05) is 11.8 Å². The fourth-order valence-corrected chi connectivity index (χ4v) is 2.85. The Morgan fingerprint density at radius 3 is 2.83 bits per heavy atom. The second-order valence-corrected chi connectivity index (χ2v) is 5.59. The van der Waals surface area contributed by atoms with E-state index in [0.29, 0.717) is 0 Å². The largest absolute Gasteiger partial charge is 0.468 e. The van der Waals surface area contributed by atoms with Crippen LogP contribution in [-0.2, 0) is 5.75 Å². The van der Waals surface area contributed by atoms with Gasteiger partial charge in [-0.15, -0.1) is 0 Å². The molecule has 0 amide bonds. The molecule has 1 atom stereocenters. The summed E-state index contributed by atoms with van der Waals surface area (Å²) < 4.78 is 5.30. The summed E-state index contributed by atoms with van der Waals surface area (Å²) in [6.45, 7) is 4.22. The van der Waals surface area contributed by atoms with Gasteiger partial charge in [-0.25, -0.2) is 0 Å². The predicted octanol–water partition coefficient (Wildman–Crippen LogP) is 3.83. The Labute approximate surface area is 113 Å². The molecule has 0 spiro atoms. The van der Waals surface area contributed by atoms with Gasteiger partial charge in [-0.05, 0) is 37.1 Å². The zero-order valence-corrected chi connectivity index (χ0v) is 11.7. The minimum absolute atomic E-state index is 0.0878. The van der Waals surface area contributed by atoms with Crippen LogP contribution in [0.3, 0.4) is 0 Å². The third-order valence-electron chi connectivity index (χ3n) is 2.96. The van der Waals surface area contributed by atoms with E-state index < -0.39 is 0 Å². The van der Waals surface area contributed by atoms with Crippen LogP contribution in [0.15, 0.2) is 41.0 Å². The van der Waals surface area contributed by atoms with Gasteiger partial charge in [0.1, 0.15) is 5.76 Å². The van der Waals surface area contributed by atoms with Gasteiger partial charge >= 0.3 is 0 Å². The van der Waals surface area contributed by atoms with E-state index in [-0.39, 0.29) is 6.04 Å². The van der Waals surface area contributed by atoms with Crippen LogP contribution in [0.5, 0.6) is 0 Å². The first kappa shape index (κ1) is 13.2. The monoisotopic (exact) mass is 261 g/mol. The van der Waals surface area contributed by atoms with Crippen molar-refractivity contribution in [2.45, 2.75) is 25.6 Å². The maximum atomic E-state index is 6.25. The minimum atomic E-state index is 0.0878. The molecule has 0 saturated heterocycles. The zero-order valence-electron chi connectivity index (χ0n) is 10.8. The van der Waals surface area contributed by atoms with Gasteiger partial charge in [-0.3, -0.25) is 0 Å². The number of benzene rings is 1. The Morgan fingerprint density at radius 2 is 2.11 bits per heavy atom. The van der Waals surface area contributed by atoms with Crippen molar-refractivity contribution >= 4 is 11.8 Å². The Morgan fingerprint density at radius 1 is 1.28 bits per heavy atom. The van der Waals surface area contributed by atoms with Gasteiger partial charge in [-0.1, -0.05) is 23.8 Å². The van der Waals surface area contributed by atoms with Crippen LogP contribution in [0.4, 0.5) is 0 Å². The van der Waals surface area contributed by atoms with Gasteiger partial charge in [0.25, 0.3) is 0 Å². The molecule has 1 heterocycles. The summed E-state index contributed by atoms with van der Waals surface area (Å²) in [4.78, 5) is 0. The Balaban J connectivity index is 1.91. The van der Waals surface area contributed by atoms with Crippen LogP contribution in [0.1, 0.15) is 28.5 Å². The standard InChI is InChI=1S/C15H19NOS/c1-11-5-6-12(2)14(8-11)15(16)10-18-9-13-4-3-7-17-13/h3-8,15H,9-10,16H2,1-2H3. The highest BCUT2D eigenvalue weighted by atomic mass is 32.2. The van der Waals surface area contributed by atoms with E-state index in [9.17, 15) is 0 Å². The predicted molar refractivity (Wildman–Crippen MR) is 77.7 cm³/mol. The summed E-state index contributed by atoms with van der Waals surface area (Å²) in [7, 11) is 0. The highest BCUT2D eigenvalue weighted by molar-refractivity contribution is 7.98. The lowest BCUT2D eigenvalue weighted by Gasteiger charge is -2.15. The maximum absolute atomic E-state index is 6.25. The average Bonchev–Trinajstić information content (AvgIpc) is 2.85. The zero-order chi connectivity index (χ0) is 13.0. The third kappa shape index (κ3) is 3.40. The lowest BCUT2D eigenvalue weighted by atomic mass is 10.0. The highest BCUT2D eigenvalue weighted by Crippen LogP contribution is 2.23. The Kier molecular flexibility index (Phi) is 4.50. The highest BCUT2D eigenvalue weighted by Gasteiger charge is 2.09. The van der Waals surface area contributed by atoms with E-state index in [2.05, 4.69) is 32.0 Å². The minimum Gasteiger partial charge on any atom is -0.468 e. The Bertz CT molecular complexity index is 493. The topological polar surface area (TPSA) is 39.2 Å². The first-order chi connectivity index (χ1) is 8.66. The molecule has 0 aliphatic carbocycles. The summed E-state index contributed by atoms with van der Waals surface area (Å²) in [5.74, 6) is 2.80. The van der Waals surface area contributed by atoms with Crippen LogP contribution >= 0.6 is 11.8 Å². The molecule has 18 heavy (non-hydrogen) atoms. The van der Waals surface area contributed by atoms with Gasteiger partial charge in [0.2, 0.25) is 0 Å². The van der Waals surface area contributed by atoms with Crippen LogP contribution in [-0.4, -0.2) is 5.75 Å². The van der Waals surface area contributed by atoms with Gasteiger partial charge < -0.3 is 10.2 Å². The summed E-state index contributed by atoms with van der Waals surface area (Å²) >= 11 is 1.81. The summed E-state index contributed by atoms with van der Waals surface area (Å²) in [6, 6.07) is 10.5. The number of thioether (sulfide) groups is 1. The molecule has 2 N–H and O–H groups in total. The normalized spacial score (nSPS) is 12.6. The molecule has 0 fully saturated rings. The molecule has 2 aromatic rings. The molecule has 0 aliphatic heterocycles. The average molecular weight is 261 g/mol. The number of nitrogens with two attached hydrogens (primary N) is 1. The molecule has 1 aromatic heterocycles. The van der Waals surface area contributed by atoms with Crippen LogP contribution in [0.25, 0.3) is 0 Å². The van der Waals surface area contributed by atoms with Gasteiger partial charge in [0.05, 0.1) is 12.0 Å². The van der Waals surface area contributed by atoms with Crippen molar-refractivity contribution in [1.29, 1.82) is 0 Å². The van der Waals surface area contributed by atoms with Crippen molar-refractivity contribution in [3.63, 3.8) is 0 Å². The molecule has 0 bridgehead atoms. The lowest BCUT2D eigenvalue weighted by Crippen LogP contribution is -2.14. The molecular formula is C15H19NOS. The van der Waals surface area contributed by atoms with Crippen LogP contribution < -0.4 is 5.73 Å². The molecule has 2 rings (SSSR count). The van der Waals surface area contributed by atoms with Crippen molar-refractivity contribution in [2.75, 3.05) is 5.75 Å². The number of hydrogen-bond donors (Lipinski definition) is 1. The fourth-order valence-electron chi connectivity index (χ4n) is 1.93. The van der Waals surface area contributed by atoms with E-state index in [1.807, 2.05) is 23.9 Å². The number of hydrogen-bond acceptors (Lipinski definition) is 3. The fraction of sp³-hybridized carbons (Fsp3) is 0.333. The second-order valence-electron chi connectivity index (χ2n) is 4.56. The quantitative estimate of drug-likeness (QED) is 0.889. The van der Waals surface area contributed by atoms with Crippen LogP contribution in [0.2, 0.25) is 0 Å². The van der Waals surface area contributed by atoms with Crippen LogP contribution in [0, 0.1) is 13.8 Å². The number of aryl methyl sites for hydroxylation is 2. The molecule has 96 valence electrons. The van der Waals surface area contributed by atoms with E-state index in [1.165, 1.54) is 16.7 Å². The van der Waals surface area contributed by atoms with E-state index in [0.717, 1.165) is 17.3 Å². The maximum Gasteiger partial charge on any atom is 0.113 e. The van der Waals surface area contributed by atoms with E-state index in [1.54, 1.807) is 6.26 Å². The van der Waals surface area contributed by atoms with Crippen molar-refractivity contribution < 1.29 is 4.42 Å². The number of rotatable bonds is 5. The van der Waals surface area contributed by atoms with Crippen molar-refractivity contribution in [3.8, 4) is 0 Å². The third-order valence-corrected chi connectivity index (χ3v) is 4.04. The van der Waals surface area contributed by atoms with Crippen molar-refractivity contribution in [3.05, 3.63) is 59.0 Å². The molecule has 1 unspecified atom stereocenters. The summed E-state index contributed by atoms with van der Waals surface area (Å²) in [5, 5.41) is 0.